The van der Waals surface area contributed by atoms with Gasteiger partial charge in [-0.1, -0.05) is 51.0 Å². The van der Waals surface area contributed by atoms with Crippen LogP contribution in [0, 0.1) is 0 Å². The highest BCUT2D eigenvalue weighted by molar-refractivity contribution is 5.81. The Bertz CT molecular complexity index is 912. The van der Waals surface area contributed by atoms with E-state index in [1.165, 1.54) is 38.5 Å². The van der Waals surface area contributed by atoms with Gasteiger partial charge in [0.15, 0.2) is 23.0 Å². The van der Waals surface area contributed by atoms with E-state index in [1.54, 1.807) is 7.11 Å². The van der Waals surface area contributed by atoms with Gasteiger partial charge in [-0.2, -0.15) is 0 Å². The minimum atomic E-state index is 0.318. The first-order valence-corrected chi connectivity index (χ1v) is 12.5. The zero-order chi connectivity index (χ0) is 24.0. The molecule has 186 valence electrons. The number of nitrogens with two attached hydrogens (primary N) is 1. The molecule has 1 heterocycles. The number of hydrogen-bond acceptors (Lipinski definition) is 6. The van der Waals surface area contributed by atoms with Crippen LogP contribution in [0.3, 0.4) is 0 Å². The molecule has 34 heavy (non-hydrogen) atoms. The van der Waals surface area contributed by atoms with Gasteiger partial charge in [0, 0.05) is 17.9 Å². The van der Waals surface area contributed by atoms with Crippen LogP contribution < -0.4 is 24.7 Å². The van der Waals surface area contributed by atoms with Crippen molar-refractivity contribution in [3.63, 3.8) is 0 Å². The van der Waals surface area contributed by atoms with Crippen LogP contribution in [0.1, 0.15) is 68.9 Å². The molecule has 1 aliphatic heterocycles. The maximum Gasteiger partial charge on any atom is 0.161 e. The molecule has 6 nitrogen and oxygen atoms in total. The van der Waals surface area contributed by atoms with E-state index in [0.29, 0.717) is 37.9 Å². The molecule has 0 atom stereocenters. The van der Waals surface area contributed by atoms with E-state index in [-0.39, 0.29) is 0 Å². The van der Waals surface area contributed by atoms with Crippen LogP contribution >= 0.6 is 0 Å². The molecular formula is C28H39NO5. The average Bonchev–Trinajstić information content (AvgIpc) is 2.87. The summed E-state index contributed by atoms with van der Waals surface area (Å²) in [6.45, 7) is 2.12. The molecule has 0 aliphatic carbocycles. The third-order valence-electron chi connectivity index (χ3n) is 5.95. The fourth-order valence-electron chi connectivity index (χ4n) is 4.01. The number of ether oxygens (including phenoxy) is 4. The molecule has 0 unspecified atom stereocenters. The molecule has 3 rings (SSSR count). The minimum Gasteiger partial charge on any atom is -0.493 e. The fourth-order valence-corrected chi connectivity index (χ4v) is 4.01. The average molecular weight is 470 g/mol. The van der Waals surface area contributed by atoms with E-state index in [1.807, 2.05) is 42.5 Å². The summed E-state index contributed by atoms with van der Waals surface area (Å²) in [5.41, 5.74) is 8.83. The van der Waals surface area contributed by atoms with Gasteiger partial charge in [-0.15, -0.1) is 0 Å². The highest BCUT2D eigenvalue weighted by Crippen LogP contribution is 2.33. The number of methoxy groups -OCH3 is 1. The molecule has 0 bridgehead atoms. The second kappa shape index (κ2) is 14.4. The highest BCUT2D eigenvalue weighted by Gasteiger charge is 2.12. The van der Waals surface area contributed by atoms with Gasteiger partial charge in [-0.05, 0) is 54.8 Å². The minimum absolute atomic E-state index is 0.318. The van der Waals surface area contributed by atoms with E-state index in [0.717, 1.165) is 47.6 Å². The van der Waals surface area contributed by atoms with Crippen LogP contribution in [0.5, 0.6) is 23.0 Å². The summed E-state index contributed by atoms with van der Waals surface area (Å²) in [4.78, 5) is 0. The van der Waals surface area contributed by atoms with Gasteiger partial charge in [0.2, 0.25) is 0 Å². The topological polar surface area (TPSA) is 83.2 Å². The third kappa shape index (κ3) is 8.17. The van der Waals surface area contributed by atoms with Crippen molar-refractivity contribution in [2.45, 2.75) is 57.8 Å². The molecule has 0 amide bonds. The van der Waals surface area contributed by atoms with E-state index in [9.17, 15) is 0 Å². The first-order valence-electron chi connectivity index (χ1n) is 12.5. The van der Waals surface area contributed by atoms with Crippen molar-refractivity contribution in [3.05, 3.63) is 47.5 Å². The first kappa shape index (κ1) is 25.8. The first-order chi connectivity index (χ1) is 16.7. The van der Waals surface area contributed by atoms with Crippen LogP contribution in [0.4, 0.5) is 0 Å². The van der Waals surface area contributed by atoms with Gasteiger partial charge in [0.1, 0.15) is 13.2 Å². The molecule has 6 heteroatoms. The lowest BCUT2D eigenvalue weighted by molar-refractivity contribution is 0.171. The fraction of sp³-hybridized carbons (Fsp3) is 0.500. The number of unbranched alkanes of at least 4 members (excludes halogenated alkanes) is 8. The van der Waals surface area contributed by atoms with Crippen molar-refractivity contribution in [2.75, 3.05) is 33.5 Å². The standard InChI is InChI=1S/C28H39NO5/c1-31-27-21-23(24(29)19-22-11-13-26-28(20-22)34-18-17-33-26)12-14-25(27)32-16-10-8-6-4-2-3-5-7-9-15-30/h11-14,19-21,30H,2-10,15-18,29H2,1H3/b24-19-. The van der Waals surface area contributed by atoms with Gasteiger partial charge >= 0.3 is 0 Å². The Kier molecular flexibility index (Phi) is 10.9. The molecule has 3 N–H and O–H groups in total. The summed E-state index contributed by atoms with van der Waals surface area (Å²) in [6, 6.07) is 11.6. The third-order valence-corrected chi connectivity index (χ3v) is 5.95. The normalized spacial score (nSPS) is 13.1. The van der Waals surface area contributed by atoms with Crippen LogP contribution in [0.2, 0.25) is 0 Å². The zero-order valence-electron chi connectivity index (χ0n) is 20.4. The Balaban J connectivity index is 1.44. The van der Waals surface area contributed by atoms with Crippen molar-refractivity contribution in [1.29, 1.82) is 0 Å². The number of aliphatic hydroxyl groups is 1. The number of hydrogen-bond donors (Lipinski definition) is 2. The molecule has 0 spiro atoms. The van der Waals surface area contributed by atoms with Crippen LogP contribution in [0.25, 0.3) is 11.8 Å². The van der Waals surface area contributed by atoms with Gasteiger partial charge in [0.25, 0.3) is 0 Å². The lowest BCUT2D eigenvalue weighted by Crippen LogP contribution is -2.15. The van der Waals surface area contributed by atoms with Gasteiger partial charge < -0.3 is 29.8 Å². The Morgan fingerprint density at radius 3 is 2.24 bits per heavy atom. The van der Waals surface area contributed by atoms with Crippen molar-refractivity contribution >= 4 is 11.8 Å². The smallest absolute Gasteiger partial charge is 0.161 e. The summed E-state index contributed by atoms with van der Waals surface area (Å²) in [7, 11) is 1.65. The van der Waals surface area contributed by atoms with Crippen LogP contribution in [-0.4, -0.2) is 38.6 Å². The van der Waals surface area contributed by atoms with E-state index in [2.05, 4.69) is 0 Å². The zero-order valence-corrected chi connectivity index (χ0v) is 20.4. The maximum absolute atomic E-state index is 8.79. The number of fused-ring (bicyclic) bond motifs is 1. The van der Waals surface area contributed by atoms with Crippen LogP contribution in [-0.2, 0) is 0 Å². The van der Waals surface area contributed by atoms with Crippen LogP contribution in [0.15, 0.2) is 36.4 Å². The van der Waals surface area contributed by atoms with Crippen molar-refractivity contribution in [1.82, 2.24) is 0 Å². The second-order valence-corrected chi connectivity index (χ2v) is 8.62. The monoisotopic (exact) mass is 469 g/mol. The summed E-state index contributed by atoms with van der Waals surface area (Å²) in [6.07, 6.45) is 12.5. The van der Waals surface area contributed by atoms with E-state index < -0.39 is 0 Å². The quantitative estimate of drug-likeness (QED) is 0.253. The molecule has 0 aromatic heterocycles. The molecule has 2 aromatic rings. The Labute approximate surface area is 203 Å². The van der Waals surface area contributed by atoms with E-state index >= 15 is 0 Å². The van der Waals surface area contributed by atoms with Crippen molar-refractivity contribution in [3.8, 4) is 23.0 Å². The number of benzene rings is 2. The summed E-state index contributed by atoms with van der Waals surface area (Å²) >= 11 is 0. The second-order valence-electron chi connectivity index (χ2n) is 8.62. The lowest BCUT2D eigenvalue weighted by atomic mass is 10.1. The summed E-state index contributed by atoms with van der Waals surface area (Å²) in [5, 5.41) is 8.79. The maximum atomic E-state index is 8.79. The highest BCUT2D eigenvalue weighted by atomic mass is 16.6. The van der Waals surface area contributed by atoms with Crippen molar-refractivity contribution < 1.29 is 24.1 Å². The van der Waals surface area contributed by atoms with Gasteiger partial charge in [0.05, 0.1) is 13.7 Å². The summed E-state index contributed by atoms with van der Waals surface area (Å²) in [5.74, 6) is 2.92. The van der Waals surface area contributed by atoms with Gasteiger partial charge in [-0.3, -0.25) is 0 Å². The van der Waals surface area contributed by atoms with Crippen molar-refractivity contribution in [2.24, 2.45) is 5.73 Å². The molecule has 0 radical (unpaired) electrons. The predicted molar refractivity (Wildman–Crippen MR) is 137 cm³/mol. The Morgan fingerprint density at radius 1 is 0.853 bits per heavy atom. The lowest BCUT2D eigenvalue weighted by Gasteiger charge is -2.18. The molecule has 0 saturated carbocycles. The molecule has 1 aliphatic rings. The van der Waals surface area contributed by atoms with Gasteiger partial charge in [-0.25, -0.2) is 0 Å². The number of rotatable bonds is 15. The molecule has 2 aromatic carbocycles. The summed E-state index contributed by atoms with van der Waals surface area (Å²) < 4.78 is 22.8. The Morgan fingerprint density at radius 2 is 1.53 bits per heavy atom. The molecule has 0 saturated heterocycles. The largest absolute Gasteiger partial charge is 0.493 e. The predicted octanol–water partition coefficient (Wildman–Crippen LogP) is 5.81. The number of aliphatic hydroxyl groups excluding tert-OH is 1. The molecule has 0 fully saturated rings. The SMILES string of the molecule is COc1cc(/C(N)=C/c2ccc3c(c2)OCCO3)ccc1OCCCCCCCCCCCO. The Hall–Kier alpha value is -2.86. The van der Waals surface area contributed by atoms with E-state index in [4.69, 9.17) is 29.8 Å². The molecular weight excluding hydrogens is 430 g/mol.